The molecule has 4 N–H and O–H groups in total. The number of amides is 1. The zero-order valence-corrected chi connectivity index (χ0v) is 11.3. The van der Waals surface area contributed by atoms with Crippen molar-refractivity contribution >= 4 is 23.3 Å². The first kappa shape index (κ1) is 14.4. The highest BCUT2D eigenvalue weighted by Gasteiger charge is 2.11. The topological polar surface area (TPSA) is 102 Å². The summed E-state index contributed by atoms with van der Waals surface area (Å²) in [5, 5.41) is 12.0. The monoisotopic (exact) mass is 286 g/mol. The molecule has 0 fully saturated rings. The van der Waals surface area contributed by atoms with Gasteiger partial charge in [-0.2, -0.15) is 0 Å². The van der Waals surface area contributed by atoms with Gasteiger partial charge >= 0.3 is 5.97 Å². The van der Waals surface area contributed by atoms with Crippen LogP contribution in [0.4, 0.5) is 11.4 Å². The van der Waals surface area contributed by atoms with E-state index in [9.17, 15) is 14.7 Å². The minimum Gasteiger partial charge on any atom is -0.508 e. The van der Waals surface area contributed by atoms with Gasteiger partial charge in [0, 0.05) is 11.4 Å². The number of ether oxygens (including phenoxy) is 1. The number of carbonyl (C=O) groups excluding carboxylic acids is 2. The normalized spacial score (nSPS) is 9.95. The Kier molecular flexibility index (Phi) is 4.08. The summed E-state index contributed by atoms with van der Waals surface area (Å²) in [5.41, 5.74) is 7.00. The molecule has 21 heavy (non-hydrogen) atoms. The van der Waals surface area contributed by atoms with Gasteiger partial charge in [-0.05, 0) is 42.5 Å². The Hall–Kier alpha value is -3.02. The van der Waals surface area contributed by atoms with E-state index in [1.807, 2.05) is 0 Å². The average molecular weight is 286 g/mol. The van der Waals surface area contributed by atoms with E-state index in [-0.39, 0.29) is 17.0 Å². The lowest BCUT2D eigenvalue weighted by atomic mass is 10.1. The molecule has 1 amide bonds. The summed E-state index contributed by atoms with van der Waals surface area (Å²) in [5.74, 6) is -0.949. The van der Waals surface area contributed by atoms with Crippen molar-refractivity contribution in [2.45, 2.75) is 0 Å². The predicted octanol–water partition coefficient (Wildman–Crippen LogP) is 2.01. The van der Waals surface area contributed by atoms with Crippen LogP contribution >= 0.6 is 0 Å². The number of nitrogens with one attached hydrogen (secondary N) is 1. The van der Waals surface area contributed by atoms with Gasteiger partial charge in [-0.25, -0.2) is 4.79 Å². The molecule has 0 spiro atoms. The van der Waals surface area contributed by atoms with Crippen molar-refractivity contribution in [1.82, 2.24) is 0 Å². The van der Waals surface area contributed by atoms with Gasteiger partial charge in [-0.3, -0.25) is 4.79 Å². The molecule has 2 aromatic rings. The lowest BCUT2D eigenvalue weighted by Gasteiger charge is -2.08. The molecular formula is C15H14N2O4. The fraction of sp³-hybridized carbons (Fsp3) is 0.0667. The summed E-state index contributed by atoms with van der Waals surface area (Å²) in [4.78, 5) is 23.4. The predicted molar refractivity (Wildman–Crippen MR) is 78.3 cm³/mol. The maximum absolute atomic E-state index is 12.1. The zero-order chi connectivity index (χ0) is 15.4. The van der Waals surface area contributed by atoms with Crippen LogP contribution in [0.2, 0.25) is 0 Å². The van der Waals surface area contributed by atoms with Crippen molar-refractivity contribution in [1.29, 1.82) is 0 Å². The zero-order valence-electron chi connectivity index (χ0n) is 11.3. The van der Waals surface area contributed by atoms with E-state index in [0.717, 1.165) is 0 Å². The molecule has 0 aromatic heterocycles. The van der Waals surface area contributed by atoms with Crippen LogP contribution in [-0.2, 0) is 4.74 Å². The first-order valence-electron chi connectivity index (χ1n) is 6.09. The number of phenolic OH excluding ortho intramolecular Hbond substituents is 1. The first-order valence-corrected chi connectivity index (χ1v) is 6.09. The quantitative estimate of drug-likeness (QED) is 0.455. The molecular weight excluding hydrogens is 272 g/mol. The molecule has 0 atom stereocenters. The van der Waals surface area contributed by atoms with Gasteiger partial charge in [0.15, 0.2) is 0 Å². The Balaban J connectivity index is 2.16. The number of rotatable bonds is 3. The number of nitrogen functional groups attached to an aromatic ring is 1. The summed E-state index contributed by atoms with van der Waals surface area (Å²) in [6.45, 7) is 0. The van der Waals surface area contributed by atoms with Crippen LogP contribution in [0.15, 0.2) is 42.5 Å². The second-order valence-electron chi connectivity index (χ2n) is 4.29. The van der Waals surface area contributed by atoms with Crippen LogP contribution in [0, 0.1) is 0 Å². The molecule has 0 unspecified atom stereocenters. The van der Waals surface area contributed by atoms with Gasteiger partial charge in [0.1, 0.15) is 5.75 Å². The number of aromatic hydroxyl groups is 1. The molecule has 0 aliphatic carbocycles. The highest BCUT2D eigenvalue weighted by molar-refractivity contribution is 6.08. The molecule has 0 aliphatic rings. The summed E-state index contributed by atoms with van der Waals surface area (Å²) in [6, 6.07) is 10.3. The van der Waals surface area contributed by atoms with Gasteiger partial charge in [0.2, 0.25) is 0 Å². The van der Waals surface area contributed by atoms with Crippen LogP contribution in [0.1, 0.15) is 20.7 Å². The second kappa shape index (κ2) is 5.96. The molecule has 0 aliphatic heterocycles. The molecule has 0 radical (unpaired) electrons. The third-order valence-corrected chi connectivity index (χ3v) is 2.85. The Bertz CT molecular complexity index is 681. The summed E-state index contributed by atoms with van der Waals surface area (Å²) in [6.07, 6.45) is 0. The Labute approximate surface area is 121 Å². The summed E-state index contributed by atoms with van der Waals surface area (Å²) in [7, 11) is 1.29. The van der Waals surface area contributed by atoms with Crippen LogP contribution in [0.25, 0.3) is 0 Å². The minimum absolute atomic E-state index is 0.0459. The fourth-order valence-corrected chi connectivity index (χ4v) is 1.75. The molecule has 0 heterocycles. The number of carbonyl (C=O) groups is 2. The fourth-order valence-electron chi connectivity index (χ4n) is 1.75. The third-order valence-electron chi connectivity index (χ3n) is 2.85. The Morgan fingerprint density at radius 2 is 1.81 bits per heavy atom. The van der Waals surface area contributed by atoms with Crippen LogP contribution < -0.4 is 11.1 Å². The molecule has 0 saturated carbocycles. The van der Waals surface area contributed by atoms with Crippen molar-refractivity contribution < 1.29 is 19.4 Å². The standard InChI is InChI=1S/C15H14N2O4/c1-21-15(20)9-2-4-10(5-3-9)17-14(19)12-8-11(18)6-7-13(12)16/h2-8,18H,16H2,1H3,(H,17,19). The molecule has 6 heteroatoms. The van der Waals surface area contributed by atoms with Gasteiger partial charge in [0.05, 0.1) is 18.2 Å². The van der Waals surface area contributed by atoms with Gasteiger partial charge in [-0.1, -0.05) is 0 Å². The number of methoxy groups -OCH3 is 1. The van der Waals surface area contributed by atoms with E-state index >= 15 is 0 Å². The molecule has 0 saturated heterocycles. The first-order chi connectivity index (χ1) is 10.0. The van der Waals surface area contributed by atoms with Crippen molar-refractivity contribution in [2.75, 3.05) is 18.2 Å². The number of hydrogen-bond acceptors (Lipinski definition) is 5. The van der Waals surface area contributed by atoms with Gasteiger partial charge in [0.25, 0.3) is 5.91 Å². The number of hydrogen-bond donors (Lipinski definition) is 3. The lowest BCUT2D eigenvalue weighted by Crippen LogP contribution is -2.14. The van der Waals surface area contributed by atoms with E-state index in [1.54, 1.807) is 12.1 Å². The lowest BCUT2D eigenvalue weighted by molar-refractivity contribution is 0.0600. The number of nitrogens with two attached hydrogens (primary N) is 1. The van der Waals surface area contributed by atoms with E-state index in [1.165, 1.54) is 37.4 Å². The van der Waals surface area contributed by atoms with Crippen LogP contribution in [0.5, 0.6) is 5.75 Å². The van der Waals surface area contributed by atoms with Crippen molar-refractivity contribution in [3.63, 3.8) is 0 Å². The third kappa shape index (κ3) is 3.30. The minimum atomic E-state index is -0.454. The van der Waals surface area contributed by atoms with E-state index in [2.05, 4.69) is 10.1 Å². The number of benzene rings is 2. The average Bonchev–Trinajstić information content (AvgIpc) is 2.49. The Morgan fingerprint density at radius 1 is 1.14 bits per heavy atom. The second-order valence-corrected chi connectivity index (χ2v) is 4.29. The Morgan fingerprint density at radius 3 is 2.43 bits per heavy atom. The summed E-state index contributed by atoms with van der Waals surface area (Å²) >= 11 is 0. The van der Waals surface area contributed by atoms with Crippen LogP contribution in [-0.4, -0.2) is 24.1 Å². The number of anilines is 2. The van der Waals surface area contributed by atoms with Crippen molar-refractivity contribution in [2.24, 2.45) is 0 Å². The van der Waals surface area contributed by atoms with Gasteiger partial charge in [-0.15, -0.1) is 0 Å². The molecule has 108 valence electrons. The maximum atomic E-state index is 12.1. The SMILES string of the molecule is COC(=O)c1ccc(NC(=O)c2cc(O)ccc2N)cc1. The molecule has 0 bridgehead atoms. The molecule has 2 rings (SSSR count). The van der Waals surface area contributed by atoms with E-state index in [0.29, 0.717) is 11.3 Å². The molecule has 2 aromatic carbocycles. The highest BCUT2D eigenvalue weighted by Crippen LogP contribution is 2.20. The van der Waals surface area contributed by atoms with Crippen LogP contribution in [0.3, 0.4) is 0 Å². The smallest absolute Gasteiger partial charge is 0.337 e. The summed E-state index contributed by atoms with van der Waals surface area (Å²) < 4.78 is 4.58. The van der Waals surface area contributed by atoms with E-state index in [4.69, 9.17) is 5.73 Å². The number of phenols is 1. The molecule has 6 nitrogen and oxygen atoms in total. The highest BCUT2D eigenvalue weighted by atomic mass is 16.5. The van der Waals surface area contributed by atoms with Crippen molar-refractivity contribution in [3.8, 4) is 5.75 Å². The number of esters is 1. The van der Waals surface area contributed by atoms with Gasteiger partial charge < -0.3 is 20.9 Å². The maximum Gasteiger partial charge on any atom is 0.337 e. The largest absolute Gasteiger partial charge is 0.508 e. The van der Waals surface area contributed by atoms with Crippen molar-refractivity contribution in [3.05, 3.63) is 53.6 Å². The van der Waals surface area contributed by atoms with E-state index < -0.39 is 11.9 Å².